The number of carbonyl (C=O) groups is 1. The first-order valence-corrected chi connectivity index (χ1v) is 12.3. The Morgan fingerprint density at radius 3 is 2.82 bits per heavy atom. The van der Waals surface area contributed by atoms with Crippen LogP contribution in [0.5, 0.6) is 0 Å². The number of carbonyl (C=O) groups excluding carboxylic acids is 1. The van der Waals surface area contributed by atoms with Crippen LogP contribution in [0.2, 0.25) is 0 Å². The number of fused-ring (bicyclic) bond motifs is 1. The van der Waals surface area contributed by atoms with Gasteiger partial charge in [0, 0.05) is 41.8 Å². The molecule has 4 aliphatic carbocycles. The number of nitrogens with zero attached hydrogens (tertiary/aromatic N) is 3. The highest BCUT2D eigenvalue weighted by atomic mass is 16.1. The molecule has 3 atom stereocenters. The van der Waals surface area contributed by atoms with Crippen LogP contribution in [0.3, 0.4) is 0 Å². The highest BCUT2D eigenvalue weighted by Crippen LogP contribution is 2.63. The monoisotopic (exact) mass is 456 g/mol. The van der Waals surface area contributed by atoms with Crippen molar-refractivity contribution in [3.63, 3.8) is 0 Å². The number of anilines is 1. The van der Waals surface area contributed by atoms with E-state index in [1.807, 2.05) is 49.0 Å². The molecule has 2 heterocycles. The van der Waals surface area contributed by atoms with Crippen LogP contribution in [-0.2, 0) is 18.4 Å². The maximum Gasteiger partial charge on any atom is 0.258 e. The average molecular weight is 457 g/mol. The van der Waals surface area contributed by atoms with Crippen LogP contribution < -0.4 is 10.9 Å². The molecule has 34 heavy (non-hydrogen) atoms. The van der Waals surface area contributed by atoms with Crippen molar-refractivity contribution in [2.24, 2.45) is 23.8 Å². The molecule has 176 valence electrons. The Hall–Kier alpha value is -3.15. The summed E-state index contributed by atoms with van der Waals surface area (Å²) in [4.78, 5) is 26.5. The Balaban J connectivity index is 1.24. The van der Waals surface area contributed by atoms with Crippen LogP contribution >= 0.6 is 0 Å². The highest BCUT2D eigenvalue weighted by Gasteiger charge is 2.52. The summed E-state index contributed by atoms with van der Waals surface area (Å²) in [6, 6.07) is 9.51. The molecular weight excluding hydrogens is 424 g/mol. The molecule has 3 unspecified atom stereocenters. The largest absolute Gasteiger partial charge is 0.325 e. The summed E-state index contributed by atoms with van der Waals surface area (Å²) in [5.74, 6) is 0.797. The lowest BCUT2D eigenvalue weighted by molar-refractivity contribution is -0.121. The fraction of sp³-hybridized carbons (Fsp3) is 0.464. The fourth-order valence-corrected chi connectivity index (χ4v) is 7.43. The molecule has 2 aromatic heterocycles. The van der Waals surface area contributed by atoms with Gasteiger partial charge in [0.15, 0.2) is 0 Å². The van der Waals surface area contributed by atoms with E-state index in [0.717, 1.165) is 41.2 Å². The van der Waals surface area contributed by atoms with Crippen LogP contribution in [0.4, 0.5) is 5.69 Å². The topological polar surface area (TPSA) is 68.9 Å². The fourth-order valence-electron chi connectivity index (χ4n) is 7.43. The number of pyridine rings is 1. The summed E-state index contributed by atoms with van der Waals surface area (Å²) < 4.78 is 3.50. The van der Waals surface area contributed by atoms with Crippen molar-refractivity contribution < 1.29 is 4.79 Å². The molecule has 3 aromatic rings. The second-order valence-electron chi connectivity index (χ2n) is 11.4. The third-order valence-corrected chi connectivity index (χ3v) is 8.29. The van der Waals surface area contributed by atoms with Gasteiger partial charge in [-0.25, -0.2) is 0 Å². The van der Waals surface area contributed by atoms with Crippen LogP contribution in [0.25, 0.3) is 10.8 Å². The molecule has 0 spiro atoms. The molecule has 0 aliphatic heterocycles. The Labute approximate surface area is 199 Å². The maximum atomic E-state index is 13.2. The molecule has 7 rings (SSSR count). The minimum absolute atomic E-state index is 0.0618. The van der Waals surface area contributed by atoms with Crippen molar-refractivity contribution in [2.45, 2.75) is 58.9 Å². The number of aryl methyl sites for hydroxylation is 2. The molecule has 2 saturated carbocycles. The van der Waals surface area contributed by atoms with Crippen LogP contribution in [0, 0.1) is 23.7 Å². The number of rotatable bonds is 5. The lowest BCUT2D eigenvalue weighted by atomic mass is 9.48. The number of aromatic nitrogens is 3. The lowest BCUT2D eigenvalue weighted by Crippen LogP contribution is -2.47. The van der Waals surface area contributed by atoms with Gasteiger partial charge in [-0.1, -0.05) is 24.6 Å². The normalized spacial score (nSPS) is 27.3. The first-order chi connectivity index (χ1) is 16.2. The standard InChI is InChI=1S/C28H32N4O2/c1-18-9-21(30-31(18)3)16-32-8-7-22-23(26(32)34)5-4-6-24(22)29-25(33)15-28-13-19-10-20(14-28)12-27(2,11-19)17-28/h4-9,11,20H,10,12-17H2,1-3H3,(H,29,33). The van der Waals surface area contributed by atoms with Gasteiger partial charge >= 0.3 is 0 Å². The predicted molar refractivity (Wildman–Crippen MR) is 134 cm³/mol. The summed E-state index contributed by atoms with van der Waals surface area (Å²) in [5, 5.41) is 9.03. The number of hydrogen-bond donors (Lipinski definition) is 1. The maximum absolute atomic E-state index is 13.2. The summed E-state index contributed by atoms with van der Waals surface area (Å²) in [7, 11) is 1.90. The average Bonchev–Trinajstić information content (AvgIpc) is 3.05. The second-order valence-corrected chi connectivity index (χ2v) is 11.4. The van der Waals surface area contributed by atoms with E-state index in [9.17, 15) is 9.59 Å². The van der Waals surface area contributed by atoms with Gasteiger partial charge in [0.25, 0.3) is 5.56 Å². The van der Waals surface area contributed by atoms with E-state index >= 15 is 0 Å². The Bertz CT molecular complexity index is 1390. The molecule has 4 bridgehead atoms. The Morgan fingerprint density at radius 2 is 2.09 bits per heavy atom. The summed E-state index contributed by atoms with van der Waals surface area (Å²) in [5.41, 5.74) is 4.49. The number of benzene rings is 1. The zero-order valence-electron chi connectivity index (χ0n) is 20.2. The van der Waals surface area contributed by atoms with E-state index < -0.39 is 0 Å². The zero-order chi connectivity index (χ0) is 23.7. The van der Waals surface area contributed by atoms with E-state index in [0.29, 0.717) is 18.4 Å². The molecule has 1 N–H and O–H groups in total. The molecule has 0 radical (unpaired) electrons. The van der Waals surface area contributed by atoms with Crippen molar-refractivity contribution in [1.82, 2.24) is 14.3 Å². The third kappa shape index (κ3) is 3.60. The molecule has 4 aliphatic rings. The van der Waals surface area contributed by atoms with Gasteiger partial charge in [0.05, 0.1) is 12.2 Å². The molecule has 6 heteroatoms. The predicted octanol–water partition coefficient (Wildman–Crippen LogP) is 4.95. The number of amides is 1. The van der Waals surface area contributed by atoms with E-state index in [1.165, 1.54) is 19.3 Å². The molecule has 6 nitrogen and oxygen atoms in total. The summed E-state index contributed by atoms with van der Waals surface area (Å²) in [6.07, 6.45) is 10.7. The molecule has 0 saturated heterocycles. The van der Waals surface area contributed by atoms with Gasteiger partial charge in [0.1, 0.15) is 0 Å². The van der Waals surface area contributed by atoms with Crippen molar-refractivity contribution in [3.8, 4) is 0 Å². The molecule has 1 aromatic carbocycles. The van der Waals surface area contributed by atoms with Gasteiger partial charge in [-0.05, 0) is 80.0 Å². The van der Waals surface area contributed by atoms with Crippen molar-refractivity contribution >= 4 is 22.4 Å². The Kier molecular flexibility index (Phi) is 4.67. The van der Waals surface area contributed by atoms with Crippen molar-refractivity contribution in [3.05, 3.63) is 69.9 Å². The zero-order valence-corrected chi connectivity index (χ0v) is 20.2. The van der Waals surface area contributed by atoms with Crippen LogP contribution in [-0.4, -0.2) is 20.3 Å². The minimum atomic E-state index is -0.0714. The minimum Gasteiger partial charge on any atom is -0.325 e. The van der Waals surface area contributed by atoms with Gasteiger partial charge in [0.2, 0.25) is 5.91 Å². The number of nitrogens with one attached hydrogen (secondary N) is 1. The van der Waals surface area contributed by atoms with Crippen molar-refractivity contribution in [2.75, 3.05) is 5.32 Å². The second kappa shape index (κ2) is 7.42. The number of allylic oxidation sites excluding steroid dienone is 2. The highest BCUT2D eigenvalue weighted by molar-refractivity contribution is 6.02. The van der Waals surface area contributed by atoms with E-state index in [2.05, 4.69) is 23.4 Å². The van der Waals surface area contributed by atoms with Crippen LogP contribution in [0.15, 0.2) is 53.0 Å². The Morgan fingerprint density at radius 1 is 1.24 bits per heavy atom. The third-order valence-electron chi connectivity index (χ3n) is 8.29. The van der Waals surface area contributed by atoms with E-state index in [-0.39, 0.29) is 22.3 Å². The smallest absolute Gasteiger partial charge is 0.258 e. The number of hydrogen-bond acceptors (Lipinski definition) is 3. The van der Waals surface area contributed by atoms with Gasteiger partial charge in [-0.15, -0.1) is 0 Å². The molecule has 2 fully saturated rings. The molecular formula is C28H32N4O2. The van der Waals surface area contributed by atoms with E-state index in [4.69, 9.17) is 0 Å². The quantitative estimate of drug-likeness (QED) is 0.553. The summed E-state index contributed by atoms with van der Waals surface area (Å²) >= 11 is 0. The lowest BCUT2D eigenvalue weighted by Gasteiger charge is -2.57. The van der Waals surface area contributed by atoms with Crippen LogP contribution in [0.1, 0.15) is 56.8 Å². The van der Waals surface area contributed by atoms with Gasteiger partial charge in [-0.3, -0.25) is 14.3 Å². The first-order valence-electron chi connectivity index (χ1n) is 12.3. The van der Waals surface area contributed by atoms with Gasteiger partial charge < -0.3 is 9.88 Å². The van der Waals surface area contributed by atoms with E-state index in [1.54, 1.807) is 16.3 Å². The van der Waals surface area contributed by atoms with Gasteiger partial charge in [-0.2, -0.15) is 5.10 Å². The SMILES string of the molecule is Cc1cc(Cn2ccc3c(NC(=O)CC45CC6=CC(C)(CC(C6)C4)C5)cccc3c2=O)nn1C. The molecule has 1 amide bonds. The summed E-state index contributed by atoms with van der Waals surface area (Å²) in [6.45, 7) is 4.78. The van der Waals surface area contributed by atoms with Crippen molar-refractivity contribution in [1.29, 1.82) is 0 Å². The first kappa shape index (κ1) is 21.4.